The smallest absolute Gasteiger partial charge is 0.0281 e. The molecule has 0 N–H and O–H groups in total. The molecule has 0 amide bonds. The second-order valence-electron chi connectivity index (χ2n) is 26.0. The van der Waals surface area contributed by atoms with Crippen molar-refractivity contribution in [3.05, 3.63) is 324 Å². The van der Waals surface area contributed by atoms with Crippen molar-refractivity contribution in [2.24, 2.45) is 35.5 Å². The first kappa shape index (κ1) is 58.5. The van der Waals surface area contributed by atoms with Crippen molar-refractivity contribution in [3.8, 4) is 0 Å². The summed E-state index contributed by atoms with van der Waals surface area (Å²) in [4.78, 5) is 0. The Bertz CT molecular complexity index is 3560. The molecule has 428 valence electrons. The third-order valence-electron chi connectivity index (χ3n) is 19.5. The molecule has 13 rings (SSSR count). The van der Waals surface area contributed by atoms with Crippen molar-refractivity contribution in [2.45, 2.75) is 144 Å². The number of aryl methyl sites for hydroxylation is 4. The summed E-state index contributed by atoms with van der Waals surface area (Å²) in [6, 6.07) is 34.8. The first-order valence-electron chi connectivity index (χ1n) is 32.5. The van der Waals surface area contributed by atoms with Crippen LogP contribution >= 0.6 is 0 Å². The highest BCUT2D eigenvalue weighted by atomic mass is 14.3. The number of hydrogen-bond acceptors (Lipinski definition) is 0. The Morgan fingerprint density at radius 3 is 1.44 bits per heavy atom. The number of rotatable bonds is 15. The zero-order valence-corrected chi connectivity index (χ0v) is 51.7. The molecule has 4 aromatic carbocycles. The van der Waals surface area contributed by atoms with Crippen molar-refractivity contribution in [2.75, 3.05) is 0 Å². The van der Waals surface area contributed by atoms with E-state index in [9.17, 15) is 0 Å². The highest BCUT2D eigenvalue weighted by Crippen LogP contribution is 2.45. The van der Waals surface area contributed by atoms with Gasteiger partial charge in [-0.3, -0.25) is 0 Å². The Labute approximate surface area is 506 Å². The van der Waals surface area contributed by atoms with Gasteiger partial charge < -0.3 is 0 Å². The third-order valence-corrected chi connectivity index (χ3v) is 19.5. The summed E-state index contributed by atoms with van der Waals surface area (Å²) in [6.45, 7) is 16.0. The van der Waals surface area contributed by atoms with Gasteiger partial charge >= 0.3 is 0 Å². The lowest BCUT2D eigenvalue weighted by Crippen LogP contribution is -2.17. The predicted octanol–water partition coefficient (Wildman–Crippen LogP) is 22.0. The molecular formula is C84H92. The standard InChI is InChI=1S/C33H38.C27H30.C24H24/c1-22(2)26-14-16-28(17-15-26)27-12-9-25(10-13-27)21-30-18-19-32(33-7-5-6-31(30)33)29-11-8-23(3)24(4)20-29;1-20(2)11-12-21-13-15-22(16-14-21)19-24-17-18-26(23-7-4-3-5-8-23)27-10-6-9-25(24)27;1-2-18-8-6-9-19(16-18)17-21-14-15-23(20-10-4-3-5-11-20)24-13-7-12-22(21)24/h5-13,18-20,22,26,28,33H,14-17,21H2,1-4H3;4,6-10,13-18,20,27H,3,5,11-12,19H2,1-2H3;4,6-16,24H,2-3,5,17H2,1H3. The van der Waals surface area contributed by atoms with E-state index in [2.05, 4.69) is 267 Å². The van der Waals surface area contributed by atoms with Crippen LogP contribution in [-0.2, 0) is 32.1 Å². The van der Waals surface area contributed by atoms with Crippen LogP contribution in [0.4, 0.5) is 0 Å². The molecule has 0 heteroatoms. The van der Waals surface area contributed by atoms with Gasteiger partial charge in [-0.25, -0.2) is 0 Å². The molecule has 84 heavy (non-hydrogen) atoms. The molecule has 1 saturated carbocycles. The van der Waals surface area contributed by atoms with Crippen LogP contribution in [0.3, 0.4) is 0 Å². The molecule has 0 nitrogen and oxygen atoms in total. The second-order valence-corrected chi connectivity index (χ2v) is 26.0. The lowest BCUT2D eigenvalue weighted by molar-refractivity contribution is 0.259. The van der Waals surface area contributed by atoms with Crippen molar-refractivity contribution in [1.82, 2.24) is 0 Å². The third kappa shape index (κ3) is 14.1. The molecule has 4 aromatic rings. The lowest BCUT2D eigenvalue weighted by atomic mass is 9.74. The summed E-state index contributed by atoms with van der Waals surface area (Å²) in [6.07, 6.45) is 65.6. The van der Waals surface area contributed by atoms with Crippen molar-refractivity contribution in [3.63, 3.8) is 0 Å². The van der Waals surface area contributed by atoms with E-state index in [0.29, 0.717) is 17.8 Å². The Hall–Kier alpha value is -7.28. The summed E-state index contributed by atoms with van der Waals surface area (Å²) in [7, 11) is 0. The van der Waals surface area contributed by atoms with Crippen LogP contribution in [0.1, 0.15) is 148 Å². The summed E-state index contributed by atoms with van der Waals surface area (Å²) in [5, 5.41) is 0. The average molecular weight is 1100 g/mol. The minimum absolute atomic E-state index is 0.391. The van der Waals surface area contributed by atoms with E-state index in [4.69, 9.17) is 0 Å². The average Bonchev–Trinajstić information content (AvgIpc) is 3.56. The number of fused-ring (bicyclic) bond motifs is 3. The van der Waals surface area contributed by atoms with E-state index in [-0.39, 0.29) is 0 Å². The van der Waals surface area contributed by atoms with Gasteiger partial charge in [-0.2, -0.15) is 0 Å². The number of benzene rings is 4. The van der Waals surface area contributed by atoms with Crippen LogP contribution in [0.15, 0.2) is 274 Å². The fraction of sp³-hybridized carbons (Fsp3) is 0.333. The second kappa shape index (κ2) is 27.6. The Kier molecular flexibility index (Phi) is 19.2. The van der Waals surface area contributed by atoms with Gasteiger partial charge in [-0.05, 0) is 239 Å². The topological polar surface area (TPSA) is 0 Å². The van der Waals surface area contributed by atoms with Crippen molar-refractivity contribution >= 4 is 5.57 Å². The van der Waals surface area contributed by atoms with Gasteiger partial charge in [0.25, 0.3) is 0 Å². The maximum Gasteiger partial charge on any atom is 0.0281 e. The quantitative estimate of drug-likeness (QED) is 0.111. The summed E-state index contributed by atoms with van der Waals surface area (Å²) in [5.41, 5.74) is 28.8. The largest absolute Gasteiger partial charge is 0.0836 e. The minimum Gasteiger partial charge on any atom is -0.0836 e. The molecule has 0 aromatic heterocycles. The maximum atomic E-state index is 2.41. The van der Waals surface area contributed by atoms with E-state index in [1.54, 1.807) is 5.56 Å². The Balaban J connectivity index is 0.000000133. The normalized spacial score (nSPS) is 22.5. The van der Waals surface area contributed by atoms with Crippen LogP contribution < -0.4 is 0 Å². The van der Waals surface area contributed by atoms with E-state index < -0.39 is 0 Å². The summed E-state index contributed by atoms with van der Waals surface area (Å²) < 4.78 is 0. The lowest BCUT2D eigenvalue weighted by Gasteiger charge is -2.31. The van der Waals surface area contributed by atoms with Crippen LogP contribution in [0.2, 0.25) is 0 Å². The predicted molar refractivity (Wildman–Crippen MR) is 362 cm³/mol. The van der Waals surface area contributed by atoms with Crippen LogP contribution in [0, 0.1) is 49.4 Å². The summed E-state index contributed by atoms with van der Waals surface area (Å²) in [5.74, 6) is 4.57. The maximum absolute atomic E-state index is 2.41. The number of hydrogen-bond donors (Lipinski definition) is 0. The number of allylic oxidation sites excluding steroid dienone is 32. The first-order valence-corrected chi connectivity index (χ1v) is 32.5. The van der Waals surface area contributed by atoms with Gasteiger partial charge in [0.2, 0.25) is 0 Å². The SMILES string of the molecule is CC(C)CCc1ccc(CC2=CC=C(C3=CCCC=C3)C3C=CC=C23)cc1.CCc1cccc(CC2=CC=C(C3=CCCC=C3)C3C=CC=C23)c1.Cc1ccc(C2=CC=C(Cc3ccc(C4CCC(C(C)C)CC4)cc3)C3=CC=CC32)cc1C. The minimum atomic E-state index is 0.391. The molecule has 0 radical (unpaired) electrons. The van der Waals surface area contributed by atoms with Gasteiger partial charge in [0, 0.05) is 17.8 Å². The molecule has 0 heterocycles. The van der Waals surface area contributed by atoms with Crippen LogP contribution in [0.25, 0.3) is 5.57 Å². The van der Waals surface area contributed by atoms with E-state index in [1.165, 1.54) is 170 Å². The van der Waals surface area contributed by atoms with Gasteiger partial charge in [-0.1, -0.05) is 253 Å². The van der Waals surface area contributed by atoms with Crippen LogP contribution in [-0.4, -0.2) is 0 Å². The van der Waals surface area contributed by atoms with Gasteiger partial charge in [-0.15, -0.1) is 0 Å². The van der Waals surface area contributed by atoms with E-state index >= 15 is 0 Å². The monoisotopic (exact) mass is 1100 g/mol. The van der Waals surface area contributed by atoms with Gasteiger partial charge in [0.1, 0.15) is 0 Å². The Morgan fingerprint density at radius 1 is 0.440 bits per heavy atom. The fourth-order valence-corrected chi connectivity index (χ4v) is 14.1. The molecule has 3 atom stereocenters. The zero-order chi connectivity index (χ0) is 57.9. The molecule has 1 fully saturated rings. The van der Waals surface area contributed by atoms with Crippen LogP contribution in [0.5, 0.6) is 0 Å². The molecule has 0 spiro atoms. The molecule has 9 aliphatic rings. The Morgan fingerprint density at radius 2 is 0.940 bits per heavy atom. The molecule has 0 aliphatic heterocycles. The highest BCUT2D eigenvalue weighted by Gasteiger charge is 2.30. The molecule has 0 saturated heterocycles. The molecule has 3 unspecified atom stereocenters. The van der Waals surface area contributed by atoms with Crippen molar-refractivity contribution < 1.29 is 0 Å². The molecule has 0 bridgehead atoms. The highest BCUT2D eigenvalue weighted by molar-refractivity contribution is 5.79. The molecular weight excluding hydrogens is 1010 g/mol. The van der Waals surface area contributed by atoms with Gasteiger partial charge in [0.15, 0.2) is 0 Å². The first-order chi connectivity index (χ1) is 41.0. The van der Waals surface area contributed by atoms with E-state index in [0.717, 1.165) is 49.4 Å². The fourth-order valence-electron chi connectivity index (χ4n) is 14.1. The summed E-state index contributed by atoms with van der Waals surface area (Å²) >= 11 is 0. The zero-order valence-electron chi connectivity index (χ0n) is 51.7. The molecule has 9 aliphatic carbocycles. The van der Waals surface area contributed by atoms with Crippen molar-refractivity contribution in [1.29, 1.82) is 0 Å². The van der Waals surface area contributed by atoms with Gasteiger partial charge in [0.05, 0.1) is 0 Å². The van der Waals surface area contributed by atoms with E-state index in [1.807, 2.05) is 0 Å².